The Balaban J connectivity index is 1.70. The van der Waals surface area contributed by atoms with E-state index in [0.717, 1.165) is 11.1 Å². The zero-order chi connectivity index (χ0) is 21.5. The van der Waals surface area contributed by atoms with Crippen molar-refractivity contribution in [2.24, 2.45) is 0 Å². The molecule has 0 aliphatic rings. The third kappa shape index (κ3) is 5.47. The van der Waals surface area contributed by atoms with E-state index in [1.807, 2.05) is 60.7 Å². The van der Waals surface area contributed by atoms with Gasteiger partial charge in [0.15, 0.2) is 17.5 Å². The molecular formula is C23H19F3N2O2. The van der Waals surface area contributed by atoms with Crippen LogP contribution in [0.3, 0.4) is 0 Å². The van der Waals surface area contributed by atoms with E-state index in [4.69, 9.17) is 0 Å². The average Bonchev–Trinajstić information content (AvgIpc) is 2.76. The molecular weight excluding hydrogens is 393 g/mol. The second kappa shape index (κ2) is 9.73. The number of aryl methyl sites for hydroxylation is 1. The summed E-state index contributed by atoms with van der Waals surface area (Å²) in [5, 5.41) is 4.74. The molecule has 3 aromatic rings. The molecule has 4 nitrogen and oxygen atoms in total. The lowest BCUT2D eigenvalue weighted by Crippen LogP contribution is -2.38. The number of hydrogen-bond donors (Lipinski definition) is 2. The first-order valence-electron chi connectivity index (χ1n) is 9.29. The van der Waals surface area contributed by atoms with Gasteiger partial charge in [-0.05, 0) is 24.0 Å². The van der Waals surface area contributed by atoms with Crippen LogP contribution in [-0.2, 0) is 16.0 Å². The summed E-state index contributed by atoms with van der Waals surface area (Å²) in [6, 6.07) is 19.6. The monoisotopic (exact) mass is 412 g/mol. The van der Waals surface area contributed by atoms with Crippen molar-refractivity contribution >= 4 is 17.5 Å². The molecule has 30 heavy (non-hydrogen) atoms. The van der Waals surface area contributed by atoms with E-state index in [1.165, 1.54) is 0 Å². The molecule has 2 N–H and O–H groups in total. The van der Waals surface area contributed by atoms with Gasteiger partial charge in [0, 0.05) is 17.8 Å². The van der Waals surface area contributed by atoms with Crippen LogP contribution in [0, 0.1) is 17.5 Å². The topological polar surface area (TPSA) is 58.2 Å². The van der Waals surface area contributed by atoms with Crippen molar-refractivity contribution in [1.29, 1.82) is 0 Å². The Kier molecular flexibility index (Phi) is 6.85. The van der Waals surface area contributed by atoms with Crippen LogP contribution in [-0.4, -0.2) is 11.8 Å². The van der Waals surface area contributed by atoms with Gasteiger partial charge in [0.1, 0.15) is 0 Å². The first-order chi connectivity index (χ1) is 14.4. The molecule has 7 heteroatoms. The number of halogens is 3. The van der Waals surface area contributed by atoms with Gasteiger partial charge in [0.2, 0.25) is 0 Å². The molecule has 2 amide bonds. The Morgan fingerprint density at radius 2 is 1.37 bits per heavy atom. The van der Waals surface area contributed by atoms with Gasteiger partial charge >= 0.3 is 11.8 Å². The average molecular weight is 412 g/mol. The summed E-state index contributed by atoms with van der Waals surface area (Å²) in [7, 11) is 0. The molecule has 0 aliphatic heterocycles. The molecule has 0 saturated heterocycles. The molecule has 3 aromatic carbocycles. The minimum Gasteiger partial charge on any atom is -0.341 e. The van der Waals surface area contributed by atoms with Crippen LogP contribution < -0.4 is 10.6 Å². The van der Waals surface area contributed by atoms with Crippen molar-refractivity contribution in [1.82, 2.24) is 5.32 Å². The highest BCUT2D eigenvalue weighted by Gasteiger charge is 2.21. The molecule has 0 fully saturated rings. The quantitative estimate of drug-likeness (QED) is 0.462. The molecule has 3 rings (SSSR count). The van der Waals surface area contributed by atoms with Crippen LogP contribution >= 0.6 is 0 Å². The van der Waals surface area contributed by atoms with Gasteiger partial charge in [-0.15, -0.1) is 0 Å². The van der Waals surface area contributed by atoms with Crippen molar-refractivity contribution in [3.63, 3.8) is 0 Å². The minimum absolute atomic E-state index is 0.355. The number of hydrogen-bond acceptors (Lipinski definition) is 2. The van der Waals surface area contributed by atoms with Crippen LogP contribution in [0.5, 0.6) is 0 Å². The lowest BCUT2D eigenvalue weighted by Gasteiger charge is -2.19. The summed E-state index contributed by atoms with van der Waals surface area (Å²) in [6.45, 7) is 0. The summed E-state index contributed by atoms with van der Waals surface area (Å²) >= 11 is 0. The first kappa shape index (κ1) is 21.1. The molecule has 0 saturated carbocycles. The van der Waals surface area contributed by atoms with E-state index < -0.39 is 35.3 Å². The number of rotatable bonds is 6. The standard InChI is InChI=1S/C23H19F3N2O2/c24-18-13-17(14-19(25)21(18)26)27-22(29)23(30)28-20(16-9-5-2-6-10-16)12-11-15-7-3-1-4-8-15/h1-10,13-14,20H,11-12H2,(H,27,29)(H,28,30)/t20-/m1/s1. The molecule has 154 valence electrons. The number of benzene rings is 3. The van der Waals surface area contributed by atoms with Gasteiger partial charge in [-0.1, -0.05) is 60.7 Å². The Morgan fingerprint density at radius 3 is 1.97 bits per heavy atom. The van der Waals surface area contributed by atoms with Crippen LogP contribution in [0.1, 0.15) is 23.6 Å². The Morgan fingerprint density at radius 1 is 0.800 bits per heavy atom. The van der Waals surface area contributed by atoms with E-state index in [1.54, 1.807) is 0 Å². The third-order valence-electron chi connectivity index (χ3n) is 4.52. The summed E-state index contributed by atoms with van der Waals surface area (Å²) in [4.78, 5) is 24.6. The fourth-order valence-electron chi connectivity index (χ4n) is 3.00. The Bertz CT molecular complexity index is 1000. The van der Waals surface area contributed by atoms with Crippen molar-refractivity contribution in [2.75, 3.05) is 5.32 Å². The molecule has 0 aromatic heterocycles. The van der Waals surface area contributed by atoms with Crippen molar-refractivity contribution in [3.05, 3.63) is 101 Å². The van der Waals surface area contributed by atoms with Crippen molar-refractivity contribution in [3.8, 4) is 0 Å². The van der Waals surface area contributed by atoms with Crippen LogP contribution in [0.15, 0.2) is 72.8 Å². The maximum Gasteiger partial charge on any atom is 0.313 e. The van der Waals surface area contributed by atoms with Crippen molar-refractivity contribution in [2.45, 2.75) is 18.9 Å². The zero-order valence-corrected chi connectivity index (χ0v) is 15.9. The molecule has 0 radical (unpaired) electrons. The first-order valence-corrected chi connectivity index (χ1v) is 9.29. The van der Waals surface area contributed by atoms with Crippen molar-refractivity contribution < 1.29 is 22.8 Å². The maximum absolute atomic E-state index is 13.3. The fraction of sp³-hybridized carbons (Fsp3) is 0.130. The van der Waals surface area contributed by atoms with E-state index in [0.29, 0.717) is 25.0 Å². The maximum atomic E-state index is 13.3. The van der Waals surface area contributed by atoms with Gasteiger partial charge in [0.25, 0.3) is 0 Å². The van der Waals surface area contributed by atoms with Gasteiger partial charge in [-0.3, -0.25) is 9.59 Å². The van der Waals surface area contributed by atoms with E-state index in [-0.39, 0.29) is 5.69 Å². The summed E-state index contributed by atoms with van der Waals surface area (Å²) < 4.78 is 39.7. The lowest BCUT2D eigenvalue weighted by atomic mass is 9.99. The molecule has 0 unspecified atom stereocenters. The second-order valence-electron chi connectivity index (χ2n) is 6.67. The van der Waals surface area contributed by atoms with Gasteiger partial charge < -0.3 is 10.6 Å². The lowest BCUT2D eigenvalue weighted by molar-refractivity contribution is -0.136. The van der Waals surface area contributed by atoms with Gasteiger partial charge in [0.05, 0.1) is 6.04 Å². The number of carbonyl (C=O) groups is 2. The largest absolute Gasteiger partial charge is 0.341 e. The molecule has 0 heterocycles. The number of carbonyl (C=O) groups excluding carboxylic acids is 2. The zero-order valence-electron chi connectivity index (χ0n) is 15.9. The van der Waals surface area contributed by atoms with Gasteiger partial charge in [-0.2, -0.15) is 0 Å². The summed E-state index contributed by atoms with van der Waals surface area (Å²) in [6.07, 6.45) is 1.20. The molecule has 0 aliphatic carbocycles. The minimum atomic E-state index is -1.65. The number of nitrogens with one attached hydrogen (secondary N) is 2. The Hall–Kier alpha value is -3.61. The van der Waals surface area contributed by atoms with E-state index in [9.17, 15) is 22.8 Å². The predicted octanol–water partition coefficient (Wildman–Crippen LogP) is 4.53. The Labute approximate surface area is 171 Å². The molecule has 0 bridgehead atoms. The summed E-state index contributed by atoms with van der Waals surface area (Å²) in [5.41, 5.74) is 1.54. The number of amides is 2. The third-order valence-corrected chi connectivity index (χ3v) is 4.52. The molecule has 1 atom stereocenters. The number of anilines is 1. The highest BCUT2D eigenvalue weighted by atomic mass is 19.2. The SMILES string of the molecule is O=C(Nc1cc(F)c(F)c(F)c1)C(=O)N[C@H](CCc1ccccc1)c1ccccc1. The van der Waals surface area contributed by atoms with Gasteiger partial charge in [-0.25, -0.2) is 13.2 Å². The highest BCUT2D eigenvalue weighted by molar-refractivity contribution is 6.39. The predicted molar refractivity (Wildman–Crippen MR) is 107 cm³/mol. The fourth-order valence-corrected chi connectivity index (χ4v) is 3.00. The summed E-state index contributed by atoms with van der Waals surface area (Å²) in [5.74, 6) is -6.66. The smallest absolute Gasteiger partial charge is 0.313 e. The van der Waals surface area contributed by atoms with Crippen LogP contribution in [0.25, 0.3) is 0 Å². The van der Waals surface area contributed by atoms with Crippen LogP contribution in [0.2, 0.25) is 0 Å². The van der Waals surface area contributed by atoms with E-state index >= 15 is 0 Å². The second-order valence-corrected chi connectivity index (χ2v) is 6.67. The molecule has 0 spiro atoms. The van der Waals surface area contributed by atoms with E-state index in [2.05, 4.69) is 10.6 Å². The highest BCUT2D eigenvalue weighted by Crippen LogP contribution is 2.20. The normalized spacial score (nSPS) is 11.6. The van der Waals surface area contributed by atoms with Crippen LogP contribution in [0.4, 0.5) is 18.9 Å².